The van der Waals surface area contributed by atoms with Gasteiger partial charge in [0.05, 0.1) is 4.90 Å². The summed E-state index contributed by atoms with van der Waals surface area (Å²) in [5.41, 5.74) is 0.544. The Balaban J connectivity index is 2.08. The van der Waals surface area contributed by atoms with Crippen molar-refractivity contribution in [3.63, 3.8) is 0 Å². The van der Waals surface area contributed by atoms with Crippen molar-refractivity contribution in [2.24, 2.45) is 5.92 Å². The van der Waals surface area contributed by atoms with Gasteiger partial charge in [-0.2, -0.15) is 0 Å². The van der Waals surface area contributed by atoms with Gasteiger partial charge in [0.1, 0.15) is 0 Å². The molecule has 0 bridgehead atoms. The molecule has 1 aromatic carbocycles. The van der Waals surface area contributed by atoms with Crippen LogP contribution in [0.1, 0.15) is 50.4 Å². The first kappa shape index (κ1) is 17.9. The zero-order chi connectivity index (χ0) is 17.0. The quantitative estimate of drug-likeness (QED) is 0.897. The van der Waals surface area contributed by atoms with Crippen LogP contribution in [-0.2, 0) is 10.0 Å². The Bertz CT molecular complexity index is 632. The normalized spacial score (nSPS) is 18.0. The first-order valence-electron chi connectivity index (χ1n) is 8.25. The maximum atomic E-state index is 12.5. The summed E-state index contributed by atoms with van der Waals surface area (Å²) in [6, 6.07) is 6.10. The van der Waals surface area contributed by atoms with Gasteiger partial charge in [-0.15, -0.1) is 0 Å². The maximum absolute atomic E-state index is 12.5. The highest BCUT2D eigenvalue weighted by Gasteiger charge is 2.22. The highest BCUT2D eigenvalue weighted by molar-refractivity contribution is 7.89. The maximum Gasteiger partial charge on any atom is 0.253 e. The molecule has 1 unspecified atom stereocenters. The molecule has 1 aliphatic heterocycles. The number of hydrogen-bond acceptors (Lipinski definition) is 3. The standard InChI is InChI=1S/C17H26N2O3S/c1-4-14(3)18-23(21,22)16-7-5-15(6-8-16)17(20)19-11-9-13(2)10-12-19/h5-8,13-14,18H,4,9-12H2,1-3H3. The van der Waals surface area contributed by atoms with Gasteiger partial charge < -0.3 is 4.90 Å². The molecule has 6 heteroatoms. The minimum atomic E-state index is -3.52. The van der Waals surface area contributed by atoms with Crippen LogP contribution in [-0.4, -0.2) is 38.4 Å². The number of rotatable bonds is 5. The van der Waals surface area contributed by atoms with Gasteiger partial charge in [0.2, 0.25) is 10.0 Å². The summed E-state index contributed by atoms with van der Waals surface area (Å²) in [4.78, 5) is 14.5. The third-order valence-electron chi connectivity index (χ3n) is 4.45. The third-order valence-corrected chi connectivity index (χ3v) is 6.06. The van der Waals surface area contributed by atoms with Crippen molar-refractivity contribution in [2.75, 3.05) is 13.1 Å². The smallest absolute Gasteiger partial charge is 0.253 e. The number of nitrogens with zero attached hydrogens (tertiary/aromatic N) is 1. The van der Waals surface area contributed by atoms with Crippen molar-refractivity contribution in [1.82, 2.24) is 9.62 Å². The lowest BCUT2D eigenvalue weighted by atomic mass is 9.98. The van der Waals surface area contributed by atoms with E-state index in [0.717, 1.165) is 32.4 Å². The number of carbonyl (C=O) groups excluding carboxylic acids is 1. The monoisotopic (exact) mass is 338 g/mol. The summed E-state index contributed by atoms with van der Waals surface area (Å²) in [6.45, 7) is 7.50. The van der Waals surface area contributed by atoms with Crippen molar-refractivity contribution in [2.45, 2.75) is 51.0 Å². The van der Waals surface area contributed by atoms with E-state index in [1.54, 1.807) is 12.1 Å². The predicted molar refractivity (Wildman–Crippen MR) is 90.8 cm³/mol. The Morgan fingerprint density at radius 3 is 2.35 bits per heavy atom. The molecule has 23 heavy (non-hydrogen) atoms. The fourth-order valence-corrected chi connectivity index (χ4v) is 3.91. The molecule has 1 heterocycles. The van der Waals surface area contributed by atoms with Crippen molar-refractivity contribution in [3.05, 3.63) is 29.8 Å². The van der Waals surface area contributed by atoms with Crippen molar-refractivity contribution >= 4 is 15.9 Å². The van der Waals surface area contributed by atoms with Gasteiger partial charge >= 0.3 is 0 Å². The molecule has 1 saturated heterocycles. The number of benzene rings is 1. The second-order valence-corrected chi connectivity index (χ2v) is 8.14. The largest absolute Gasteiger partial charge is 0.339 e. The first-order chi connectivity index (χ1) is 10.8. The van der Waals surface area contributed by atoms with Gasteiger partial charge in [-0.3, -0.25) is 4.79 Å². The number of nitrogens with one attached hydrogen (secondary N) is 1. The molecule has 5 nitrogen and oxygen atoms in total. The van der Waals surface area contributed by atoms with Crippen molar-refractivity contribution in [1.29, 1.82) is 0 Å². The van der Waals surface area contributed by atoms with Crippen LogP contribution in [0.25, 0.3) is 0 Å². The summed E-state index contributed by atoms with van der Waals surface area (Å²) >= 11 is 0. The molecular weight excluding hydrogens is 312 g/mol. The number of amides is 1. The van der Waals surface area contributed by atoms with Crippen LogP contribution in [0.15, 0.2) is 29.2 Å². The number of sulfonamides is 1. The topological polar surface area (TPSA) is 66.5 Å². The van der Waals surface area contributed by atoms with E-state index in [4.69, 9.17) is 0 Å². The Morgan fingerprint density at radius 1 is 1.26 bits per heavy atom. The fraction of sp³-hybridized carbons (Fsp3) is 0.588. The van der Waals surface area contributed by atoms with Crippen LogP contribution in [0.2, 0.25) is 0 Å². The molecule has 1 aromatic rings. The van der Waals surface area contributed by atoms with E-state index in [0.29, 0.717) is 11.5 Å². The second-order valence-electron chi connectivity index (χ2n) is 6.43. The van der Waals surface area contributed by atoms with Crippen LogP contribution >= 0.6 is 0 Å². The lowest BCUT2D eigenvalue weighted by Gasteiger charge is -2.30. The summed E-state index contributed by atoms with van der Waals surface area (Å²) in [5.74, 6) is 0.647. The molecule has 1 N–H and O–H groups in total. The summed E-state index contributed by atoms with van der Waals surface area (Å²) in [6.07, 6.45) is 2.78. The number of hydrogen-bond donors (Lipinski definition) is 1. The van der Waals surface area contributed by atoms with Crippen LogP contribution < -0.4 is 4.72 Å². The van der Waals surface area contributed by atoms with Gasteiger partial charge in [-0.05, 0) is 56.4 Å². The molecular formula is C17H26N2O3S. The van der Waals surface area contributed by atoms with Gasteiger partial charge in [-0.25, -0.2) is 13.1 Å². The van der Waals surface area contributed by atoms with Gasteiger partial charge in [0.15, 0.2) is 0 Å². The number of piperidine rings is 1. The van der Waals surface area contributed by atoms with E-state index < -0.39 is 10.0 Å². The summed E-state index contributed by atoms with van der Waals surface area (Å²) in [7, 11) is -3.52. The lowest BCUT2D eigenvalue weighted by Crippen LogP contribution is -2.38. The van der Waals surface area contributed by atoms with Gasteiger partial charge in [-0.1, -0.05) is 13.8 Å². The number of likely N-dealkylation sites (tertiary alicyclic amines) is 1. The Kier molecular flexibility index (Phi) is 5.81. The molecule has 1 amide bonds. The molecule has 0 radical (unpaired) electrons. The Morgan fingerprint density at radius 2 is 1.83 bits per heavy atom. The van der Waals surface area contributed by atoms with E-state index in [9.17, 15) is 13.2 Å². The lowest BCUT2D eigenvalue weighted by molar-refractivity contribution is 0.0697. The zero-order valence-electron chi connectivity index (χ0n) is 14.1. The van der Waals surface area contributed by atoms with Crippen LogP contribution in [0.4, 0.5) is 0 Å². The third kappa shape index (κ3) is 4.54. The summed E-state index contributed by atoms with van der Waals surface area (Å²) < 4.78 is 27.0. The van der Waals surface area contributed by atoms with Crippen LogP contribution in [0.5, 0.6) is 0 Å². The minimum Gasteiger partial charge on any atom is -0.339 e. The van der Waals surface area contributed by atoms with E-state index in [1.165, 1.54) is 12.1 Å². The SMILES string of the molecule is CCC(C)NS(=O)(=O)c1ccc(C(=O)N2CCC(C)CC2)cc1. The van der Waals surface area contributed by atoms with Crippen LogP contribution in [0.3, 0.4) is 0 Å². The second kappa shape index (κ2) is 7.45. The molecule has 0 saturated carbocycles. The number of carbonyl (C=O) groups is 1. The predicted octanol–water partition coefficient (Wildman–Crippen LogP) is 2.64. The van der Waals surface area contributed by atoms with Gasteiger partial charge in [0, 0.05) is 24.7 Å². The highest BCUT2D eigenvalue weighted by atomic mass is 32.2. The summed E-state index contributed by atoms with van der Waals surface area (Å²) in [5, 5.41) is 0. The Hall–Kier alpha value is -1.40. The molecule has 0 aromatic heterocycles. The Labute approximate surface area is 139 Å². The van der Waals surface area contributed by atoms with E-state index in [2.05, 4.69) is 11.6 Å². The average molecular weight is 338 g/mol. The van der Waals surface area contributed by atoms with E-state index in [-0.39, 0.29) is 16.8 Å². The van der Waals surface area contributed by atoms with Gasteiger partial charge in [0.25, 0.3) is 5.91 Å². The molecule has 1 aliphatic rings. The van der Waals surface area contributed by atoms with Crippen molar-refractivity contribution in [3.8, 4) is 0 Å². The molecule has 1 fully saturated rings. The fourth-order valence-electron chi connectivity index (χ4n) is 2.59. The molecule has 128 valence electrons. The molecule has 0 aliphatic carbocycles. The molecule has 1 atom stereocenters. The van der Waals surface area contributed by atoms with Crippen LogP contribution in [0, 0.1) is 5.92 Å². The minimum absolute atomic E-state index is 0.0178. The van der Waals surface area contributed by atoms with Crippen molar-refractivity contribution < 1.29 is 13.2 Å². The molecule has 2 rings (SSSR count). The van der Waals surface area contributed by atoms with E-state index >= 15 is 0 Å². The first-order valence-corrected chi connectivity index (χ1v) is 9.73. The highest BCUT2D eigenvalue weighted by Crippen LogP contribution is 2.19. The van der Waals surface area contributed by atoms with E-state index in [1.807, 2.05) is 18.7 Å². The average Bonchev–Trinajstić information content (AvgIpc) is 2.54. The zero-order valence-corrected chi connectivity index (χ0v) is 14.9. The molecule has 0 spiro atoms.